The van der Waals surface area contributed by atoms with E-state index < -0.39 is 30.8 Å². The zero-order valence-electron chi connectivity index (χ0n) is 11.2. The van der Waals surface area contributed by atoms with E-state index in [1.165, 1.54) is 6.92 Å². The molecule has 3 N–H and O–H groups in total. The second kappa shape index (κ2) is 6.17. The first-order chi connectivity index (χ1) is 9.10. The maximum absolute atomic E-state index is 11.9. The van der Waals surface area contributed by atoms with Gasteiger partial charge in [0, 0.05) is 6.54 Å². The van der Waals surface area contributed by atoms with Crippen molar-refractivity contribution < 1.29 is 27.5 Å². The van der Waals surface area contributed by atoms with Crippen LogP contribution in [-0.2, 0) is 5.60 Å². The summed E-state index contributed by atoms with van der Waals surface area (Å²) in [6.45, 7) is 2.44. The molecule has 1 heterocycles. The fourth-order valence-corrected chi connectivity index (χ4v) is 1.44. The second-order valence-corrected chi connectivity index (χ2v) is 4.66. The molecule has 1 aromatic heterocycles. The van der Waals surface area contributed by atoms with Gasteiger partial charge in [-0.2, -0.15) is 13.2 Å². The summed E-state index contributed by atoms with van der Waals surface area (Å²) in [5.41, 5.74) is -1.43. The van der Waals surface area contributed by atoms with Crippen LogP contribution in [0.5, 0.6) is 0 Å². The smallest absolute Gasteiger partial charge is 0.390 e. The SMILES string of the molecule is Cc1ccc(C(C)(O)CNC(=O)NCCC(F)(F)F)o1. The van der Waals surface area contributed by atoms with E-state index in [0.29, 0.717) is 5.76 Å². The van der Waals surface area contributed by atoms with Crippen LogP contribution in [0.25, 0.3) is 0 Å². The maximum atomic E-state index is 11.9. The molecule has 1 aromatic rings. The van der Waals surface area contributed by atoms with E-state index in [4.69, 9.17) is 4.42 Å². The molecule has 2 amide bonds. The van der Waals surface area contributed by atoms with E-state index in [9.17, 15) is 23.1 Å². The van der Waals surface area contributed by atoms with Crippen LogP contribution in [0.4, 0.5) is 18.0 Å². The first-order valence-corrected chi connectivity index (χ1v) is 5.98. The van der Waals surface area contributed by atoms with Gasteiger partial charge in [0.25, 0.3) is 0 Å². The number of furan rings is 1. The van der Waals surface area contributed by atoms with Gasteiger partial charge in [-0.1, -0.05) is 0 Å². The van der Waals surface area contributed by atoms with E-state index in [2.05, 4.69) is 10.6 Å². The first kappa shape index (κ1) is 16.4. The molecule has 5 nitrogen and oxygen atoms in total. The molecule has 0 saturated carbocycles. The number of aliphatic hydroxyl groups is 1. The predicted octanol–water partition coefficient (Wildman–Crippen LogP) is 2.05. The quantitative estimate of drug-likeness (QED) is 0.778. The molecular formula is C12H17F3N2O3. The van der Waals surface area contributed by atoms with Gasteiger partial charge in [-0.3, -0.25) is 0 Å². The minimum Gasteiger partial charge on any atom is -0.463 e. The van der Waals surface area contributed by atoms with Crippen LogP contribution in [0.15, 0.2) is 16.5 Å². The standard InChI is InChI=1S/C12H17F3N2O3/c1-8-3-4-9(20-8)11(2,19)7-17-10(18)16-6-5-12(13,14)15/h3-4,19H,5-7H2,1-2H3,(H2,16,17,18). The Hall–Kier alpha value is -1.70. The Morgan fingerprint density at radius 3 is 2.50 bits per heavy atom. The van der Waals surface area contributed by atoms with Crippen LogP contribution >= 0.6 is 0 Å². The molecular weight excluding hydrogens is 277 g/mol. The molecule has 0 radical (unpaired) electrons. The third-order valence-corrected chi connectivity index (χ3v) is 2.56. The summed E-state index contributed by atoms with van der Waals surface area (Å²) in [5.74, 6) is 0.875. The third-order valence-electron chi connectivity index (χ3n) is 2.56. The van der Waals surface area contributed by atoms with E-state index in [1.807, 2.05) is 0 Å². The average molecular weight is 294 g/mol. The molecule has 8 heteroatoms. The lowest BCUT2D eigenvalue weighted by Crippen LogP contribution is -2.44. The molecule has 1 unspecified atom stereocenters. The molecule has 0 spiro atoms. The van der Waals surface area contributed by atoms with Crippen molar-refractivity contribution in [2.24, 2.45) is 0 Å². The van der Waals surface area contributed by atoms with Gasteiger partial charge in [0.2, 0.25) is 0 Å². The highest BCUT2D eigenvalue weighted by atomic mass is 19.4. The Bertz CT molecular complexity index is 455. The lowest BCUT2D eigenvalue weighted by Gasteiger charge is -2.21. The fraction of sp³-hybridized carbons (Fsp3) is 0.583. The molecule has 20 heavy (non-hydrogen) atoms. The molecule has 1 rings (SSSR count). The van der Waals surface area contributed by atoms with Crippen LogP contribution in [0.3, 0.4) is 0 Å². The molecule has 0 aliphatic heterocycles. The summed E-state index contributed by atoms with van der Waals surface area (Å²) in [6.07, 6.45) is -5.42. The van der Waals surface area contributed by atoms with Crippen LogP contribution < -0.4 is 10.6 Å². The highest BCUT2D eigenvalue weighted by Gasteiger charge is 2.28. The zero-order valence-corrected chi connectivity index (χ0v) is 11.2. The molecule has 0 saturated heterocycles. The molecule has 0 aliphatic carbocycles. The second-order valence-electron chi connectivity index (χ2n) is 4.66. The first-order valence-electron chi connectivity index (χ1n) is 5.98. The van der Waals surface area contributed by atoms with E-state index in [1.54, 1.807) is 19.1 Å². The van der Waals surface area contributed by atoms with Gasteiger partial charge in [-0.05, 0) is 26.0 Å². The van der Waals surface area contributed by atoms with Crippen molar-refractivity contribution in [1.82, 2.24) is 10.6 Å². The van der Waals surface area contributed by atoms with Crippen molar-refractivity contribution in [3.8, 4) is 0 Å². The van der Waals surface area contributed by atoms with Gasteiger partial charge in [0.1, 0.15) is 17.1 Å². The number of hydrogen-bond acceptors (Lipinski definition) is 3. The van der Waals surface area contributed by atoms with Crippen molar-refractivity contribution in [2.45, 2.75) is 32.0 Å². The number of amides is 2. The lowest BCUT2D eigenvalue weighted by atomic mass is 10.0. The summed E-state index contributed by atoms with van der Waals surface area (Å²) < 4.78 is 40.9. The zero-order chi connectivity index (χ0) is 15.4. The van der Waals surface area contributed by atoms with Crippen molar-refractivity contribution in [3.63, 3.8) is 0 Å². The van der Waals surface area contributed by atoms with Crippen LogP contribution in [0, 0.1) is 6.92 Å². The van der Waals surface area contributed by atoms with E-state index in [-0.39, 0.29) is 12.3 Å². The Morgan fingerprint density at radius 2 is 2.00 bits per heavy atom. The minimum atomic E-state index is -4.32. The largest absolute Gasteiger partial charge is 0.463 e. The molecule has 0 aromatic carbocycles. The Kier molecular flexibility index (Phi) is 5.04. The number of aryl methyl sites for hydroxylation is 1. The number of nitrogens with one attached hydrogen (secondary N) is 2. The molecule has 0 aliphatic rings. The number of hydrogen-bond donors (Lipinski definition) is 3. The highest BCUT2D eigenvalue weighted by Crippen LogP contribution is 2.22. The number of carbonyl (C=O) groups excluding carboxylic acids is 1. The van der Waals surface area contributed by atoms with Gasteiger partial charge in [0.15, 0.2) is 0 Å². The highest BCUT2D eigenvalue weighted by molar-refractivity contribution is 5.73. The van der Waals surface area contributed by atoms with Gasteiger partial charge >= 0.3 is 12.2 Å². The van der Waals surface area contributed by atoms with Crippen molar-refractivity contribution in [1.29, 1.82) is 0 Å². The number of carbonyl (C=O) groups is 1. The monoisotopic (exact) mass is 294 g/mol. The van der Waals surface area contributed by atoms with Crippen molar-refractivity contribution in [2.75, 3.05) is 13.1 Å². The van der Waals surface area contributed by atoms with Gasteiger partial charge in [-0.25, -0.2) is 4.79 Å². The summed E-state index contributed by atoms with van der Waals surface area (Å²) >= 11 is 0. The van der Waals surface area contributed by atoms with Crippen molar-refractivity contribution in [3.05, 3.63) is 23.7 Å². The van der Waals surface area contributed by atoms with Crippen LogP contribution in [0.1, 0.15) is 24.9 Å². The maximum Gasteiger partial charge on any atom is 0.390 e. The minimum absolute atomic E-state index is 0.183. The third kappa shape index (κ3) is 5.52. The van der Waals surface area contributed by atoms with Crippen molar-refractivity contribution >= 4 is 6.03 Å². The Morgan fingerprint density at radius 1 is 1.35 bits per heavy atom. The van der Waals surface area contributed by atoms with Crippen LogP contribution in [-0.4, -0.2) is 30.4 Å². The number of urea groups is 1. The topological polar surface area (TPSA) is 74.5 Å². The normalized spacial score (nSPS) is 14.7. The summed E-state index contributed by atoms with van der Waals surface area (Å²) in [4.78, 5) is 11.3. The Labute approximate surface area is 114 Å². The Balaban J connectivity index is 2.37. The van der Waals surface area contributed by atoms with E-state index >= 15 is 0 Å². The number of halogens is 3. The summed E-state index contributed by atoms with van der Waals surface area (Å²) in [5, 5.41) is 14.4. The molecule has 0 fully saturated rings. The van der Waals surface area contributed by atoms with Gasteiger partial charge < -0.3 is 20.2 Å². The van der Waals surface area contributed by atoms with Gasteiger partial charge in [0.05, 0.1) is 13.0 Å². The number of rotatable bonds is 5. The fourth-order valence-electron chi connectivity index (χ4n) is 1.44. The molecule has 114 valence electrons. The lowest BCUT2D eigenvalue weighted by molar-refractivity contribution is -0.132. The predicted molar refractivity (Wildman–Crippen MR) is 65.1 cm³/mol. The van der Waals surface area contributed by atoms with Gasteiger partial charge in [-0.15, -0.1) is 0 Å². The number of alkyl halides is 3. The summed E-state index contributed by atoms with van der Waals surface area (Å²) in [7, 11) is 0. The summed E-state index contributed by atoms with van der Waals surface area (Å²) in [6, 6.07) is 2.45. The van der Waals surface area contributed by atoms with Crippen LogP contribution in [0.2, 0.25) is 0 Å². The average Bonchev–Trinajstić information content (AvgIpc) is 2.72. The molecule has 1 atom stereocenters. The van der Waals surface area contributed by atoms with E-state index in [0.717, 1.165) is 0 Å². The molecule has 0 bridgehead atoms.